The zero-order valence-electron chi connectivity index (χ0n) is 17.4. The molecule has 0 aromatic heterocycles. The van der Waals surface area contributed by atoms with E-state index in [1.54, 1.807) is 0 Å². The van der Waals surface area contributed by atoms with Gasteiger partial charge in [-0.05, 0) is 42.5 Å². The summed E-state index contributed by atoms with van der Waals surface area (Å²) in [6, 6.07) is 15.8. The van der Waals surface area contributed by atoms with Gasteiger partial charge in [-0.2, -0.15) is 0 Å². The lowest BCUT2D eigenvalue weighted by Crippen LogP contribution is -2.36. The molecule has 1 atom stereocenters. The van der Waals surface area contributed by atoms with Gasteiger partial charge < -0.3 is 10.6 Å². The molecule has 5 rings (SSSR count). The number of benzene rings is 2. The van der Waals surface area contributed by atoms with Crippen molar-refractivity contribution >= 4 is 46.3 Å². The van der Waals surface area contributed by atoms with Crippen LogP contribution in [0.1, 0.15) is 24.0 Å². The van der Waals surface area contributed by atoms with Gasteiger partial charge in [0.05, 0.1) is 16.7 Å². The number of imide groups is 1. The van der Waals surface area contributed by atoms with Crippen LogP contribution in [0.25, 0.3) is 0 Å². The largest absolute Gasteiger partial charge is 0.379 e. The Kier molecular flexibility index (Phi) is 5.09. The van der Waals surface area contributed by atoms with Gasteiger partial charge >= 0.3 is 0 Å². The molecule has 2 amide bonds. The zero-order chi connectivity index (χ0) is 22.3. The van der Waals surface area contributed by atoms with Gasteiger partial charge in [0.25, 0.3) is 11.8 Å². The maximum atomic E-state index is 13.3. The molecule has 1 unspecified atom stereocenters. The Morgan fingerprint density at radius 3 is 2.78 bits per heavy atom. The molecule has 0 spiro atoms. The average molecular weight is 446 g/mol. The number of carbonyl (C=O) groups is 2. The molecule has 0 fully saturated rings. The lowest BCUT2D eigenvalue weighted by molar-refractivity contribution is -0.124. The van der Waals surface area contributed by atoms with Crippen molar-refractivity contribution in [1.29, 1.82) is 5.41 Å². The van der Waals surface area contributed by atoms with Crippen LogP contribution in [0.5, 0.6) is 0 Å². The molecule has 2 aromatic rings. The minimum atomic E-state index is -0.808. The van der Waals surface area contributed by atoms with Crippen LogP contribution in [0.2, 0.25) is 0 Å². The highest BCUT2D eigenvalue weighted by Crippen LogP contribution is 2.48. The van der Waals surface area contributed by atoms with Crippen LogP contribution in [0.3, 0.4) is 0 Å². The quantitative estimate of drug-likeness (QED) is 0.274. The van der Waals surface area contributed by atoms with E-state index >= 15 is 0 Å². The number of aliphatic imine (C=N–C) groups is 1. The molecule has 0 bridgehead atoms. The molecule has 0 saturated heterocycles. The fourth-order valence-corrected chi connectivity index (χ4v) is 5.47. The van der Waals surface area contributed by atoms with E-state index in [9.17, 15) is 9.59 Å². The van der Waals surface area contributed by atoms with Gasteiger partial charge in [0.2, 0.25) is 0 Å². The first-order valence-corrected chi connectivity index (χ1v) is 11.6. The highest BCUT2D eigenvalue weighted by molar-refractivity contribution is 8.13. The Hall–Kier alpha value is -3.39. The normalized spacial score (nSPS) is 21.2. The molecule has 3 aliphatic heterocycles. The summed E-state index contributed by atoms with van der Waals surface area (Å²) in [7, 11) is 0. The minimum absolute atomic E-state index is 0.0712. The maximum absolute atomic E-state index is 13.3. The third kappa shape index (κ3) is 3.22. The monoisotopic (exact) mass is 445 g/mol. The number of para-hydroxylation sites is 2. The second-order valence-corrected chi connectivity index (χ2v) is 9.24. The number of amides is 2. The van der Waals surface area contributed by atoms with Crippen LogP contribution in [0, 0.1) is 5.41 Å². The molecule has 0 radical (unpaired) electrons. The second kappa shape index (κ2) is 7.94. The lowest BCUT2D eigenvalue weighted by Gasteiger charge is -2.31. The molecular formula is C24H23N5O2S. The Labute approximate surface area is 190 Å². The summed E-state index contributed by atoms with van der Waals surface area (Å²) < 4.78 is 0. The number of fused-ring (bicyclic) bond motifs is 2. The van der Waals surface area contributed by atoms with Gasteiger partial charge in [-0.15, -0.1) is 0 Å². The molecule has 0 saturated carbocycles. The summed E-state index contributed by atoms with van der Waals surface area (Å²) in [4.78, 5) is 33.0. The fourth-order valence-electron chi connectivity index (χ4n) is 4.96. The summed E-state index contributed by atoms with van der Waals surface area (Å²) in [5.74, 6) is -0.0774. The van der Waals surface area contributed by atoms with Gasteiger partial charge in [-0.3, -0.25) is 25.3 Å². The van der Waals surface area contributed by atoms with Crippen molar-refractivity contribution < 1.29 is 9.59 Å². The number of rotatable bonds is 6. The molecule has 3 aliphatic rings. The van der Waals surface area contributed by atoms with Gasteiger partial charge in [0.15, 0.2) is 5.17 Å². The van der Waals surface area contributed by atoms with Gasteiger partial charge in [-0.1, -0.05) is 48.2 Å². The van der Waals surface area contributed by atoms with E-state index in [1.807, 2.05) is 53.6 Å². The van der Waals surface area contributed by atoms with E-state index in [2.05, 4.69) is 16.4 Å². The number of anilines is 1. The Bertz CT molecular complexity index is 1200. The third-order valence-electron chi connectivity index (χ3n) is 6.29. The van der Waals surface area contributed by atoms with E-state index in [-0.39, 0.29) is 17.0 Å². The topological polar surface area (TPSA) is 112 Å². The van der Waals surface area contributed by atoms with E-state index in [1.165, 1.54) is 17.3 Å². The van der Waals surface area contributed by atoms with Crippen molar-refractivity contribution in [2.75, 3.05) is 17.2 Å². The SMILES string of the molecule is N=C(N)SCCCC1(C2=C(N3CCc4ccccc43)C(=O)NC2=O)C=Nc2ccccc21. The summed E-state index contributed by atoms with van der Waals surface area (Å²) in [6.07, 6.45) is 3.94. The molecule has 0 aliphatic carbocycles. The van der Waals surface area contributed by atoms with E-state index in [0.29, 0.717) is 36.4 Å². The van der Waals surface area contributed by atoms with Gasteiger partial charge in [0.1, 0.15) is 5.70 Å². The first kappa shape index (κ1) is 20.5. The molecule has 2 aromatic carbocycles. The standard InChI is InChI=1S/C24H23N5O2S/c25-23(26)32-13-5-11-24(14-27-17-8-3-2-7-16(17)24)19-20(22(31)28-21(19)30)29-12-10-15-6-1-4-9-18(15)29/h1-4,6-9,14H,5,10-13H2,(H3,25,26)(H,28,30,31). The zero-order valence-corrected chi connectivity index (χ0v) is 18.2. The first-order valence-electron chi connectivity index (χ1n) is 10.6. The molecule has 162 valence electrons. The Morgan fingerprint density at radius 1 is 1.16 bits per heavy atom. The minimum Gasteiger partial charge on any atom is -0.379 e. The van der Waals surface area contributed by atoms with Crippen molar-refractivity contribution in [3.8, 4) is 0 Å². The van der Waals surface area contributed by atoms with E-state index in [0.717, 1.165) is 23.4 Å². The molecular weight excluding hydrogens is 422 g/mol. The summed E-state index contributed by atoms with van der Waals surface area (Å²) >= 11 is 1.28. The van der Waals surface area contributed by atoms with Crippen molar-refractivity contribution in [3.63, 3.8) is 0 Å². The molecule has 7 nitrogen and oxygen atoms in total. The molecule has 4 N–H and O–H groups in total. The molecule has 8 heteroatoms. The predicted octanol–water partition coefficient (Wildman–Crippen LogP) is 3.02. The van der Waals surface area contributed by atoms with Crippen LogP contribution in [0.4, 0.5) is 11.4 Å². The highest BCUT2D eigenvalue weighted by atomic mass is 32.2. The number of hydrogen-bond donors (Lipinski definition) is 3. The fraction of sp³-hybridized carbons (Fsp3) is 0.250. The summed E-state index contributed by atoms with van der Waals surface area (Å²) in [5, 5.41) is 10.1. The van der Waals surface area contributed by atoms with Crippen molar-refractivity contribution in [1.82, 2.24) is 5.32 Å². The van der Waals surface area contributed by atoms with Crippen LogP contribution >= 0.6 is 11.8 Å². The number of nitrogens with two attached hydrogens (primary N) is 1. The number of amidine groups is 1. The van der Waals surface area contributed by atoms with Crippen LogP contribution < -0.4 is 16.0 Å². The van der Waals surface area contributed by atoms with Crippen LogP contribution in [-0.2, 0) is 21.4 Å². The second-order valence-electron chi connectivity index (χ2n) is 8.10. The number of thioether (sulfide) groups is 1. The molecule has 3 heterocycles. The summed E-state index contributed by atoms with van der Waals surface area (Å²) in [6.45, 7) is 0.647. The van der Waals surface area contributed by atoms with Gasteiger partial charge in [0, 0.05) is 24.2 Å². The first-order chi connectivity index (χ1) is 15.5. The molecule has 32 heavy (non-hydrogen) atoms. The van der Waals surface area contributed by atoms with Gasteiger partial charge in [-0.25, -0.2) is 0 Å². The Morgan fingerprint density at radius 2 is 1.94 bits per heavy atom. The highest BCUT2D eigenvalue weighted by Gasteiger charge is 2.50. The smallest absolute Gasteiger partial charge is 0.275 e. The number of nitrogens with zero attached hydrogens (tertiary/aromatic N) is 2. The number of nitrogens with one attached hydrogen (secondary N) is 2. The predicted molar refractivity (Wildman–Crippen MR) is 128 cm³/mol. The number of hydrogen-bond acceptors (Lipinski definition) is 6. The van der Waals surface area contributed by atoms with E-state index < -0.39 is 5.41 Å². The number of carbonyl (C=O) groups excluding carboxylic acids is 2. The van der Waals surface area contributed by atoms with Crippen LogP contribution in [-0.4, -0.2) is 35.5 Å². The van der Waals surface area contributed by atoms with Crippen molar-refractivity contribution in [3.05, 3.63) is 70.9 Å². The summed E-state index contributed by atoms with van der Waals surface area (Å²) in [5.41, 5.74) is 9.45. The maximum Gasteiger partial charge on any atom is 0.275 e. The average Bonchev–Trinajstić information content (AvgIpc) is 3.45. The van der Waals surface area contributed by atoms with Crippen LogP contribution in [0.15, 0.2) is 64.8 Å². The van der Waals surface area contributed by atoms with E-state index in [4.69, 9.17) is 11.1 Å². The van der Waals surface area contributed by atoms with Crippen molar-refractivity contribution in [2.24, 2.45) is 10.7 Å². The Balaban J connectivity index is 1.64. The third-order valence-corrected chi connectivity index (χ3v) is 7.09. The lowest BCUT2D eigenvalue weighted by atomic mass is 9.72. The van der Waals surface area contributed by atoms with Crippen molar-refractivity contribution in [2.45, 2.75) is 24.7 Å².